The molecule has 0 fully saturated rings. The fourth-order valence-electron chi connectivity index (χ4n) is 3.27. The Kier molecular flexibility index (Phi) is 5.14. The van der Waals surface area contributed by atoms with Crippen LogP contribution in [0.2, 0.25) is 0 Å². The molecule has 0 unspecified atom stereocenters. The number of para-hydroxylation sites is 1. The van der Waals surface area contributed by atoms with Crippen LogP contribution in [0.4, 0.5) is 5.82 Å². The van der Waals surface area contributed by atoms with E-state index in [9.17, 15) is 0 Å². The van der Waals surface area contributed by atoms with E-state index in [0.717, 1.165) is 34.0 Å². The maximum absolute atomic E-state index is 4.85. The van der Waals surface area contributed by atoms with Gasteiger partial charge in [-0.1, -0.05) is 48.5 Å². The van der Waals surface area contributed by atoms with Crippen LogP contribution in [0, 0.1) is 0 Å². The van der Waals surface area contributed by atoms with E-state index in [1.807, 2.05) is 24.3 Å². The summed E-state index contributed by atoms with van der Waals surface area (Å²) in [6.07, 6.45) is 0. The summed E-state index contributed by atoms with van der Waals surface area (Å²) < 4.78 is 0. The highest BCUT2D eigenvalue weighted by Gasteiger charge is 2.18. The average molecular weight is 376 g/mol. The van der Waals surface area contributed by atoms with Gasteiger partial charge in [0.25, 0.3) is 0 Å². The fourth-order valence-corrected chi connectivity index (χ4v) is 3.92. The molecule has 2 N–H and O–H groups in total. The second kappa shape index (κ2) is 7.86. The first kappa shape index (κ1) is 17.6. The summed E-state index contributed by atoms with van der Waals surface area (Å²) in [6, 6.07) is 23.3. The van der Waals surface area contributed by atoms with Gasteiger partial charge in [-0.2, -0.15) is 0 Å². The Morgan fingerprint density at radius 3 is 2.44 bits per heavy atom. The highest BCUT2D eigenvalue weighted by atomic mass is 32.1. The number of anilines is 1. The number of nitrogens with zero attached hydrogens (tertiary/aromatic N) is 2. The predicted octanol–water partition coefficient (Wildman–Crippen LogP) is 3.66. The molecule has 0 bridgehead atoms. The number of rotatable bonds is 6. The van der Waals surface area contributed by atoms with Gasteiger partial charge in [-0.3, -0.25) is 0 Å². The number of quaternary nitrogens is 1. The van der Waals surface area contributed by atoms with Crippen molar-refractivity contribution in [3.63, 3.8) is 0 Å². The minimum absolute atomic E-state index is 0.338. The molecule has 0 aliphatic rings. The minimum atomic E-state index is 0.338. The zero-order chi connectivity index (χ0) is 18.6. The monoisotopic (exact) mass is 375 g/mol. The molecule has 27 heavy (non-hydrogen) atoms. The number of hydrogen-bond donors (Lipinski definition) is 2. The van der Waals surface area contributed by atoms with Crippen molar-refractivity contribution in [2.45, 2.75) is 6.04 Å². The number of hydrogen-bond acceptors (Lipinski definition) is 4. The Morgan fingerprint density at radius 1 is 0.926 bits per heavy atom. The second-order valence-corrected chi connectivity index (χ2v) is 7.76. The van der Waals surface area contributed by atoms with E-state index in [1.54, 1.807) is 11.3 Å². The Balaban J connectivity index is 1.68. The molecule has 2 aromatic carbocycles. The van der Waals surface area contributed by atoms with E-state index in [-0.39, 0.29) is 0 Å². The van der Waals surface area contributed by atoms with Crippen molar-refractivity contribution >= 4 is 28.1 Å². The van der Waals surface area contributed by atoms with Crippen LogP contribution < -0.4 is 10.2 Å². The molecule has 0 spiro atoms. The van der Waals surface area contributed by atoms with Gasteiger partial charge in [0.2, 0.25) is 0 Å². The summed E-state index contributed by atoms with van der Waals surface area (Å²) >= 11 is 1.66. The van der Waals surface area contributed by atoms with Gasteiger partial charge >= 0.3 is 0 Å². The lowest BCUT2D eigenvalue weighted by Gasteiger charge is -2.23. The maximum Gasteiger partial charge on any atom is 0.172 e. The first-order chi connectivity index (χ1) is 13.2. The lowest BCUT2D eigenvalue weighted by atomic mass is 10.1. The first-order valence-corrected chi connectivity index (χ1v) is 10.00. The quantitative estimate of drug-likeness (QED) is 0.540. The molecule has 2 heterocycles. The highest BCUT2D eigenvalue weighted by molar-refractivity contribution is 7.13. The average Bonchev–Trinajstić information content (AvgIpc) is 3.23. The Morgan fingerprint density at radius 2 is 1.70 bits per heavy atom. The van der Waals surface area contributed by atoms with Crippen LogP contribution >= 0.6 is 11.3 Å². The molecule has 4 aromatic rings. The van der Waals surface area contributed by atoms with Gasteiger partial charge < -0.3 is 10.2 Å². The van der Waals surface area contributed by atoms with Crippen molar-refractivity contribution in [2.24, 2.45) is 0 Å². The molecular formula is C22H23N4S+. The van der Waals surface area contributed by atoms with Gasteiger partial charge in [0, 0.05) is 10.9 Å². The molecule has 2 aromatic heterocycles. The van der Waals surface area contributed by atoms with E-state index < -0.39 is 0 Å². The number of likely N-dealkylation sites (N-methyl/N-ethyl adjacent to an activating group) is 1. The Bertz CT molecular complexity index is 1010. The summed E-state index contributed by atoms with van der Waals surface area (Å²) in [6.45, 7) is 0.803. The summed E-state index contributed by atoms with van der Waals surface area (Å²) in [5.41, 5.74) is 2.29. The highest BCUT2D eigenvalue weighted by Crippen LogP contribution is 2.27. The minimum Gasteiger partial charge on any atom is -0.363 e. The zero-order valence-electron chi connectivity index (χ0n) is 15.5. The van der Waals surface area contributed by atoms with Crippen molar-refractivity contribution in [3.05, 3.63) is 77.7 Å². The van der Waals surface area contributed by atoms with Gasteiger partial charge in [0.15, 0.2) is 5.82 Å². The summed E-state index contributed by atoms with van der Waals surface area (Å²) in [5, 5.41) is 6.71. The summed E-state index contributed by atoms with van der Waals surface area (Å²) in [7, 11) is 4.38. The van der Waals surface area contributed by atoms with Crippen LogP contribution in [0.5, 0.6) is 0 Å². The third-order valence-electron chi connectivity index (χ3n) is 4.72. The standard InChI is InChI=1S/C22H22N4S/c1-26(2)19(16-9-4-3-5-10-16)15-23-21-17-11-6-7-12-18(17)24-22(25-21)20-13-8-14-27-20/h3-14,19H,15H2,1-2H3,(H,23,24,25)/p+1/t19-/m1/s1. The van der Waals surface area contributed by atoms with Crippen molar-refractivity contribution in [1.29, 1.82) is 0 Å². The van der Waals surface area contributed by atoms with Crippen LogP contribution in [0.3, 0.4) is 0 Å². The van der Waals surface area contributed by atoms with Crippen LogP contribution in [0.25, 0.3) is 21.6 Å². The van der Waals surface area contributed by atoms with E-state index >= 15 is 0 Å². The van der Waals surface area contributed by atoms with Gasteiger partial charge in [-0.05, 0) is 23.6 Å². The second-order valence-electron chi connectivity index (χ2n) is 6.81. The van der Waals surface area contributed by atoms with E-state index in [2.05, 4.69) is 67.3 Å². The van der Waals surface area contributed by atoms with E-state index in [1.165, 1.54) is 10.5 Å². The number of aromatic nitrogens is 2. The van der Waals surface area contributed by atoms with E-state index in [0.29, 0.717) is 6.04 Å². The van der Waals surface area contributed by atoms with Crippen molar-refractivity contribution in [1.82, 2.24) is 9.97 Å². The SMILES string of the molecule is C[NH+](C)[C@H](CNc1nc(-c2cccs2)nc2ccccc12)c1ccccc1. The molecule has 5 heteroatoms. The smallest absolute Gasteiger partial charge is 0.172 e. The van der Waals surface area contributed by atoms with Gasteiger partial charge in [-0.15, -0.1) is 11.3 Å². The normalized spacial score (nSPS) is 12.4. The topological polar surface area (TPSA) is 42.2 Å². The van der Waals surface area contributed by atoms with Gasteiger partial charge in [0.1, 0.15) is 11.9 Å². The molecule has 0 amide bonds. The number of nitrogens with one attached hydrogen (secondary N) is 2. The molecule has 0 saturated heterocycles. The third kappa shape index (κ3) is 3.84. The van der Waals surface area contributed by atoms with Crippen LogP contribution in [-0.4, -0.2) is 30.6 Å². The number of benzene rings is 2. The van der Waals surface area contributed by atoms with Crippen LogP contribution in [0.1, 0.15) is 11.6 Å². The molecule has 4 nitrogen and oxygen atoms in total. The Labute approximate surface area is 163 Å². The van der Waals surface area contributed by atoms with E-state index in [4.69, 9.17) is 9.97 Å². The van der Waals surface area contributed by atoms with Crippen LogP contribution in [-0.2, 0) is 0 Å². The predicted molar refractivity (Wildman–Crippen MR) is 113 cm³/mol. The van der Waals surface area contributed by atoms with Gasteiger partial charge in [0.05, 0.1) is 31.0 Å². The molecule has 4 rings (SSSR count). The number of thiophene rings is 1. The molecule has 0 radical (unpaired) electrons. The molecule has 0 saturated carbocycles. The maximum atomic E-state index is 4.85. The molecular weight excluding hydrogens is 352 g/mol. The largest absolute Gasteiger partial charge is 0.363 e. The molecule has 0 aliphatic heterocycles. The number of fused-ring (bicyclic) bond motifs is 1. The first-order valence-electron chi connectivity index (χ1n) is 9.12. The molecule has 136 valence electrons. The third-order valence-corrected chi connectivity index (χ3v) is 5.58. The van der Waals surface area contributed by atoms with Crippen LogP contribution in [0.15, 0.2) is 72.1 Å². The van der Waals surface area contributed by atoms with Gasteiger partial charge in [-0.25, -0.2) is 9.97 Å². The summed E-state index contributed by atoms with van der Waals surface area (Å²) in [4.78, 5) is 12.1. The fraction of sp³-hybridized carbons (Fsp3) is 0.182. The lowest BCUT2D eigenvalue weighted by molar-refractivity contribution is -0.890. The van der Waals surface area contributed by atoms with Crippen molar-refractivity contribution < 1.29 is 4.90 Å². The van der Waals surface area contributed by atoms with Crippen molar-refractivity contribution in [3.8, 4) is 10.7 Å². The van der Waals surface area contributed by atoms with Crippen molar-refractivity contribution in [2.75, 3.05) is 26.0 Å². The molecule has 1 atom stereocenters. The Hall–Kier alpha value is -2.76. The molecule has 0 aliphatic carbocycles. The summed E-state index contributed by atoms with van der Waals surface area (Å²) in [5.74, 6) is 1.67. The zero-order valence-corrected chi connectivity index (χ0v) is 16.3. The lowest BCUT2D eigenvalue weighted by Crippen LogP contribution is -3.06.